The van der Waals surface area contributed by atoms with Crippen molar-refractivity contribution in [3.05, 3.63) is 0 Å². The van der Waals surface area contributed by atoms with Crippen LogP contribution in [0.4, 0.5) is 0 Å². The fourth-order valence-corrected chi connectivity index (χ4v) is 0.973. The third-order valence-corrected chi connectivity index (χ3v) is 1.74. The van der Waals surface area contributed by atoms with Crippen LogP contribution in [-0.2, 0) is 19.1 Å². The molecule has 0 saturated carbocycles. The van der Waals surface area contributed by atoms with Crippen molar-refractivity contribution in [1.82, 2.24) is 5.32 Å². The minimum absolute atomic E-state index is 0.00854. The minimum atomic E-state index is -0.0700. The maximum atomic E-state index is 11.1. The lowest BCUT2D eigenvalue weighted by Gasteiger charge is -2.06. The summed E-state index contributed by atoms with van der Waals surface area (Å²) in [5.74, 6) is 2.32. The largest absolute Gasteiger partial charge is 0.377 e. The molecular weight excluding hydrogens is 246 g/mol. The SMILES string of the molecule is C#CCCC(=O)NCCOCCOCC(C)=O.CC. The molecule has 0 unspecified atom stereocenters. The van der Waals surface area contributed by atoms with E-state index in [-0.39, 0.29) is 18.3 Å². The van der Waals surface area contributed by atoms with E-state index in [9.17, 15) is 9.59 Å². The van der Waals surface area contributed by atoms with Gasteiger partial charge in [-0.2, -0.15) is 0 Å². The Morgan fingerprint density at radius 1 is 1.16 bits per heavy atom. The fourth-order valence-electron chi connectivity index (χ4n) is 0.973. The highest BCUT2D eigenvalue weighted by Gasteiger charge is 1.98. The lowest BCUT2D eigenvalue weighted by Crippen LogP contribution is -2.27. The van der Waals surface area contributed by atoms with Crippen LogP contribution in [0.1, 0.15) is 33.6 Å². The summed E-state index contributed by atoms with van der Waals surface area (Å²) in [6.07, 6.45) is 5.82. The first-order chi connectivity index (χ1) is 9.16. The number of Topliss-reactive ketones (excluding diaryl/α,β-unsaturated/α-hetero) is 1. The maximum Gasteiger partial charge on any atom is 0.221 e. The Morgan fingerprint density at radius 3 is 2.37 bits per heavy atom. The van der Waals surface area contributed by atoms with Crippen LogP contribution in [0, 0.1) is 12.3 Å². The maximum absolute atomic E-state index is 11.1. The van der Waals surface area contributed by atoms with Gasteiger partial charge >= 0.3 is 0 Å². The van der Waals surface area contributed by atoms with Gasteiger partial charge in [-0.15, -0.1) is 12.3 Å². The zero-order valence-electron chi connectivity index (χ0n) is 12.2. The molecule has 19 heavy (non-hydrogen) atoms. The zero-order valence-corrected chi connectivity index (χ0v) is 12.2. The molecule has 0 aromatic heterocycles. The van der Waals surface area contributed by atoms with Crippen molar-refractivity contribution >= 4 is 11.7 Å². The number of terminal acetylenes is 1. The van der Waals surface area contributed by atoms with E-state index in [2.05, 4.69) is 11.2 Å². The summed E-state index contributed by atoms with van der Waals surface area (Å²) in [5, 5.41) is 2.67. The van der Waals surface area contributed by atoms with Gasteiger partial charge in [0.25, 0.3) is 0 Å². The van der Waals surface area contributed by atoms with Gasteiger partial charge in [0.2, 0.25) is 5.91 Å². The summed E-state index contributed by atoms with van der Waals surface area (Å²) < 4.78 is 10.2. The van der Waals surface area contributed by atoms with Gasteiger partial charge in [-0.25, -0.2) is 0 Å². The van der Waals surface area contributed by atoms with Crippen molar-refractivity contribution in [2.24, 2.45) is 0 Å². The van der Waals surface area contributed by atoms with Crippen molar-refractivity contribution in [2.45, 2.75) is 33.6 Å². The first kappa shape index (κ1) is 19.9. The normalized spacial score (nSPS) is 8.95. The quantitative estimate of drug-likeness (QED) is 0.478. The Hall–Kier alpha value is -1.38. The molecule has 0 aliphatic heterocycles. The summed E-state index contributed by atoms with van der Waals surface area (Å²) in [6.45, 7) is 7.25. The molecule has 0 bridgehead atoms. The predicted molar refractivity (Wildman–Crippen MR) is 74.7 cm³/mol. The monoisotopic (exact) mass is 271 g/mol. The van der Waals surface area contributed by atoms with Gasteiger partial charge in [0, 0.05) is 19.4 Å². The van der Waals surface area contributed by atoms with Crippen LogP contribution >= 0.6 is 0 Å². The molecule has 0 fully saturated rings. The number of hydrogen-bond donors (Lipinski definition) is 1. The van der Waals surface area contributed by atoms with Gasteiger partial charge in [-0.3, -0.25) is 9.59 Å². The number of amides is 1. The summed E-state index contributed by atoms with van der Waals surface area (Å²) in [4.78, 5) is 21.6. The molecule has 0 aromatic rings. The molecule has 0 spiro atoms. The van der Waals surface area contributed by atoms with Gasteiger partial charge < -0.3 is 14.8 Å². The third-order valence-electron chi connectivity index (χ3n) is 1.74. The number of nitrogens with one attached hydrogen (secondary N) is 1. The van der Waals surface area contributed by atoms with E-state index in [4.69, 9.17) is 15.9 Å². The van der Waals surface area contributed by atoms with Crippen molar-refractivity contribution in [3.63, 3.8) is 0 Å². The summed E-state index contributed by atoms with van der Waals surface area (Å²) in [7, 11) is 0. The van der Waals surface area contributed by atoms with Crippen molar-refractivity contribution in [2.75, 3.05) is 33.0 Å². The van der Waals surface area contributed by atoms with Crippen LogP contribution in [0.3, 0.4) is 0 Å². The summed E-state index contributed by atoms with van der Waals surface area (Å²) in [6, 6.07) is 0. The van der Waals surface area contributed by atoms with Crippen LogP contribution in [-0.4, -0.2) is 44.7 Å². The first-order valence-corrected chi connectivity index (χ1v) is 6.52. The van der Waals surface area contributed by atoms with E-state index in [0.29, 0.717) is 39.2 Å². The Bertz CT molecular complexity index is 271. The average molecular weight is 271 g/mol. The van der Waals surface area contributed by atoms with Gasteiger partial charge in [0.15, 0.2) is 5.78 Å². The van der Waals surface area contributed by atoms with Crippen LogP contribution in [0.5, 0.6) is 0 Å². The highest BCUT2D eigenvalue weighted by molar-refractivity contribution is 5.76. The summed E-state index contributed by atoms with van der Waals surface area (Å²) in [5.41, 5.74) is 0. The molecule has 5 heteroatoms. The van der Waals surface area contributed by atoms with E-state index >= 15 is 0 Å². The van der Waals surface area contributed by atoms with E-state index in [1.807, 2.05) is 13.8 Å². The molecule has 0 aromatic carbocycles. The summed E-state index contributed by atoms with van der Waals surface area (Å²) >= 11 is 0. The molecule has 1 N–H and O–H groups in total. The second-order valence-corrected chi connectivity index (χ2v) is 3.42. The second kappa shape index (κ2) is 16.6. The predicted octanol–water partition coefficient (Wildman–Crippen LogP) is 1.16. The van der Waals surface area contributed by atoms with E-state index in [1.165, 1.54) is 6.92 Å². The smallest absolute Gasteiger partial charge is 0.221 e. The van der Waals surface area contributed by atoms with Gasteiger partial charge in [-0.05, 0) is 6.92 Å². The standard InChI is InChI=1S/C12H19NO4.C2H6/c1-3-4-5-12(15)13-6-7-16-8-9-17-10-11(2)14;1-2/h1H,4-10H2,2H3,(H,13,15);1-2H3. The average Bonchev–Trinajstić information content (AvgIpc) is 2.41. The van der Waals surface area contributed by atoms with Crippen molar-refractivity contribution < 1.29 is 19.1 Å². The van der Waals surface area contributed by atoms with Gasteiger partial charge in [-0.1, -0.05) is 13.8 Å². The molecular formula is C14H25NO4. The molecule has 0 aliphatic rings. The molecule has 0 radical (unpaired) electrons. The van der Waals surface area contributed by atoms with Crippen molar-refractivity contribution in [1.29, 1.82) is 0 Å². The van der Waals surface area contributed by atoms with Gasteiger partial charge in [0.1, 0.15) is 6.61 Å². The number of ketones is 1. The fraction of sp³-hybridized carbons (Fsp3) is 0.714. The number of hydrogen-bond acceptors (Lipinski definition) is 4. The first-order valence-electron chi connectivity index (χ1n) is 6.52. The van der Waals surface area contributed by atoms with Crippen LogP contribution in [0.25, 0.3) is 0 Å². The lowest BCUT2D eigenvalue weighted by atomic mass is 10.3. The number of carbonyl (C=O) groups is 2. The van der Waals surface area contributed by atoms with Crippen LogP contribution in [0.2, 0.25) is 0 Å². The molecule has 0 rings (SSSR count). The van der Waals surface area contributed by atoms with E-state index in [0.717, 1.165) is 0 Å². The molecule has 1 amide bonds. The number of rotatable bonds is 10. The zero-order chi connectivity index (χ0) is 14.9. The number of carbonyl (C=O) groups excluding carboxylic acids is 2. The Labute approximate surface area is 116 Å². The molecule has 0 aliphatic carbocycles. The van der Waals surface area contributed by atoms with Crippen LogP contribution in [0.15, 0.2) is 0 Å². The van der Waals surface area contributed by atoms with Crippen LogP contribution < -0.4 is 5.32 Å². The highest BCUT2D eigenvalue weighted by Crippen LogP contribution is 1.85. The van der Waals surface area contributed by atoms with Gasteiger partial charge in [0.05, 0.1) is 19.8 Å². The number of ether oxygens (including phenoxy) is 2. The molecule has 0 atom stereocenters. The minimum Gasteiger partial charge on any atom is -0.377 e. The third kappa shape index (κ3) is 19.2. The highest BCUT2D eigenvalue weighted by atomic mass is 16.5. The molecule has 5 nitrogen and oxygen atoms in total. The molecule has 0 saturated heterocycles. The van der Waals surface area contributed by atoms with E-state index < -0.39 is 0 Å². The van der Waals surface area contributed by atoms with E-state index in [1.54, 1.807) is 0 Å². The Balaban J connectivity index is 0. The molecule has 0 heterocycles. The second-order valence-electron chi connectivity index (χ2n) is 3.42. The van der Waals surface area contributed by atoms with Crippen molar-refractivity contribution in [3.8, 4) is 12.3 Å². The Morgan fingerprint density at radius 2 is 1.79 bits per heavy atom. The Kier molecular flexibility index (Phi) is 17.4. The lowest BCUT2D eigenvalue weighted by molar-refractivity contribution is -0.123. The topological polar surface area (TPSA) is 64.6 Å². The molecule has 110 valence electrons.